The molecule has 2 N–H and O–H groups in total. The Morgan fingerprint density at radius 2 is 2.15 bits per heavy atom. The summed E-state index contributed by atoms with van der Waals surface area (Å²) in [5.41, 5.74) is 0.173. The lowest BCUT2D eigenvalue weighted by Gasteiger charge is -2.28. The van der Waals surface area contributed by atoms with Gasteiger partial charge in [0.2, 0.25) is 5.76 Å². The van der Waals surface area contributed by atoms with E-state index >= 15 is 0 Å². The predicted molar refractivity (Wildman–Crippen MR) is 102 cm³/mol. The van der Waals surface area contributed by atoms with E-state index in [1.165, 1.54) is 4.88 Å². The van der Waals surface area contributed by atoms with E-state index in [0.717, 1.165) is 30.6 Å². The summed E-state index contributed by atoms with van der Waals surface area (Å²) in [6, 6.07) is 9.18. The smallest absolute Gasteiger partial charge is 0.273 e. The minimum Gasteiger partial charge on any atom is -0.461 e. The Morgan fingerprint density at radius 3 is 2.81 bits per heavy atom. The summed E-state index contributed by atoms with van der Waals surface area (Å²) in [4.78, 5) is 14.8. The fourth-order valence-corrected chi connectivity index (χ4v) is 4.87. The zero-order valence-electron chi connectivity index (χ0n) is 15.1. The Balaban J connectivity index is 1.47. The molecule has 0 aromatic carbocycles. The van der Waals surface area contributed by atoms with Gasteiger partial charge in [0.15, 0.2) is 11.5 Å². The van der Waals surface area contributed by atoms with Gasteiger partial charge in [-0.3, -0.25) is 4.79 Å². The number of amides is 1. The Labute approximate surface area is 161 Å². The lowest BCUT2D eigenvalue weighted by molar-refractivity contribution is 0.0934. The molecule has 0 radical (unpaired) electrons. The molecule has 142 valence electrons. The SMILES string of the molecule is CC(O)c1ccc(C2(CNC(=O)c3cc(-c4ccco4)on3)CCCC2)s1. The molecule has 27 heavy (non-hydrogen) atoms. The summed E-state index contributed by atoms with van der Waals surface area (Å²) >= 11 is 1.64. The van der Waals surface area contributed by atoms with Gasteiger partial charge in [0.1, 0.15) is 0 Å². The van der Waals surface area contributed by atoms with E-state index in [1.54, 1.807) is 42.7 Å². The molecule has 1 saturated carbocycles. The highest BCUT2D eigenvalue weighted by Crippen LogP contribution is 2.44. The van der Waals surface area contributed by atoms with Gasteiger partial charge in [0, 0.05) is 27.8 Å². The van der Waals surface area contributed by atoms with E-state index in [-0.39, 0.29) is 17.0 Å². The number of thiophene rings is 1. The molecule has 1 fully saturated rings. The van der Waals surface area contributed by atoms with Gasteiger partial charge < -0.3 is 19.4 Å². The van der Waals surface area contributed by atoms with Gasteiger partial charge >= 0.3 is 0 Å². The van der Waals surface area contributed by atoms with Gasteiger partial charge in [0.25, 0.3) is 5.91 Å². The molecule has 1 unspecified atom stereocenters. The van der Waals surface area contributed by atoms with Gasteiger partial charge in [-0.2, -0.15) is 0 Å². The van der Waals surface area contributed by atoms with E-state index in [9.17, 15) is 9.90 Å². The Morgan fingerprint density at radius 1 is 1.33 bits per heavy atom. The number of aliphatic hydroxyl groups is 1. The number of furan rings is 1. The molecule has 7 heteroatoms. The molecule has 1 atom stereocenters. The lowest BCUT2D eigenvalue weighted by atomic mass is 9.84. The zero-order chi connectivity index (χ0) is 18.9. The molecule has 3 aromatic heterocycles. The van der Waals surface area contributed by atoms with E-state index in [2.05, 4.69) is 16.5 Å². The number of aliphatic hydroxyl groups excluding tert-OH is 1. The Hall–Kier alpha value is -2.38. The van der Waals surface area contributed by atoms with Crippen LogP contribution in [0.3, 0.4) is 0 Å². The second-order valence-electron chi connectivity index (χ2n) is 7.10. The van der Waals surface area contributed by atoms with Crippen LogP contribution in [-0.2, 0) is 5.41 Å². The number of hydrogen-bond donors (Lipinski definition) is 2. The maximum atomic E-state index is 12.6. The maximum absolute atomic E-state index is 12.6. The number of aromatic nitrogens is 1. The predicted octanol–water partition coefficient (Wildman–Crippen LogP) is 4.29. The molecule has 1 aliphatic rings. The number of hydrogen-bond acceptors (Lipinski definition) is 6. The molecule has 1 aliphatic carbocycles. The Kier molecular flexibility index (Phi) is 4.88. The highest BCUT2D eigenvalue weighted by molar-refractivity contribution is 7.12. The molecule has 3 aromatic rings. The van der Waals surface area contributed by atoms with E-state index in [4.69, 9.17) is 8.94 Å². The largest absolute Gasteiger partial charge is 0.461 e. The first-order chi connectivity index (χ1) is 13.1. The van der Waals surface area contributed by atoms with Crippen molar-refractivity contribution in [1.29, 1.82) is 0 Å². The third-order valence-corrected chi connectivity index (χ3v) is 6.72. The van der Waals surface area contributed by atoms with Crippen LogP contribution in [0.2, 0.25) is 0 Å². The highest BCUT2D eigenvalue weighted by Gasteiger charge is 2.37. The van der Waals surface area contributed by atoms with Gasteiger partial charge in [-0.05, 0) is 44.0 Å². The summed E-state index contributed by atoms with van der Waals surface area (Å²) in [6.07, 6.45) is 5.43. The van der Waals surface area contributed by atoms with Crippen LogP contribution in [-0.4, -0.2) is 22.7 Å². The van der Waals surface area contributed by atoms with Crippen molar-refractivity contribution in [1.82, 2.24) is 10.5 Å². The van der Waals surface area contributed by atoms with Gasteiger partial charge in [-0.15, -0.1) is 11.3 Å². The molecular formula is C20H22N2O4S. The van der Waals surface area contributed by atoms with Crippen LogP contribution in [0.25, 0.3) is 11.5 Å². The minimum atomic E-state index is -0.466. The normalized spacial score (nSPS) is 17.1. The van der Waals surface area contributed by atoms with Crippen LogP contribution in [0.4, 0.5) is 0 Å². The first-order valence-corrected chi connectivity index (χ1v) is 9.96. The fraction of sp³-hybridized carbons (Fsp3) is 0.400. The van der Waals surface area contributed by atoms with Crippen LogP contribution in [0.15, 0.2) is 45.5 Å². The second-order valence-corrected chi connectivity index (χ2v) is 8.22. The molecular weight excluding hydrogens is 364 g/mol. The first kappa shape index (κ1) is 18.0. The second kappa shape index (κ2) is 7.32. The van der Waals surface area contributed by atoms with Crippen molar-refractivity contribution < 1.29 is 18.8 Å². The van der Waals surface area contributed by atoms with Crippen molar-refractivity contribution in [3.63, 3.8) is 0 Å². The quantitative estimate of drug-likeness (QED) is 0.660. The van der Waals surface area contributed by atoms with Gasteiger partial charge in [-0.1, -0.05) is 18.0 Å². The Bertz CT molecular complexity index is 904. The molecule has 0 saturated heterocycles. The van der Waals surface area contributed by atoms with Crippen molar-refractivity contribution in [2.45, 2.75) is 44.1 Å². The fourth-order valence-electron chi connectivity index (χ4n) is 3.68. The molecule has 4 rings (SSSR count). The van der Waals surface area contributed by atoms with Crippen LogP contribution in [0.1, 0.15) is 59.0 Å². The maximum Gasteiger partial charge on any atom is 0.273 e. The molecule has 6 nitrogen and oxygen atoms in total. The summed E-state index contributed by atoms with van der Waals surface area (Å²) < 4.78 is 10.5. The van der Waals surface area contributed by atoms with Crippen molar-refractivity contribution in [3.05, 3.63) is 52.0 Å². The minimum absolute atomic E-state index is 0.0684. The van der Waals surface area contributed by atoms with Crippen LogP contribution in [0, 0.1) is 0 Å². The van der Waals surface area contributed by atoms with Crippen LogP contribution < -0.4 is 5.32 Å². The number of rotatable bonds is 6. The van der Waals surface area contributed by atoms with E-state index < -0.39 is 6.10 Å². The van der Waals surface area contributed by atoms with Gasteiger partial charge in [0.05, 0.1) is 12.4 Å². The standard InChI is InChI=1S/C20H22N2O4S/c1-13(23)17-6-7-18(27-17)20(8-2-3-9-20)12-21-19(24)14-11-16(26-22-14)15-5-4-10-25-15/h4-7,10-11,13,23H,2-3,8-9,12H2,1H3,(H,21,24). The summed E-state index contributed by atoms with van der Waals surface area (Å²) in [5, 5.41) is 16.7. The van der Waals surface area contributed by atoms with Crippen molar-refractivity contribution in [3.8, 4) is 11.5 Å². The summed E-state index contributed by atoms with van der Waals surface area (Å²) in [6.45, 7) is 2.33. The van der Waals surface area contributed by atoms with E-state index in [1.807, 2.05) is 6.07 Å². The van der Waals surface area contributed by atoms with Crippen molar-refractivity contribution in [2.75, 3.05) is 6.54 Å². The number of carbonyl (C=O) groups is 1. The molecule has 1 amide bonds. The number of nitrogens with one attached hydrogen (secondary N) is 1. The van der Waals surface area contributed by atoms with Gasteiger partial charge in [-0.25, -0.2) is 0 Å². The summed E-state index contributed by atoms with van der Waals surface area (Å²) in [7, 11) is 0. The zero-order valence-corrected chi connectivity index (χ0v) is 15.9. The number of nitrogens with zero attached hydrogens (tertiary/aromatic N) is 1. The molecule has 0 bridgehead atoms. The van der Waals surface area contributed by atoms with Crippen LogP contribution >= 0.6 is 11.3 Å². The third kappa shape index (κ3) is 3.57. The van der Waals surface area contributed by atoms with Crippen LogP contribution in [0.5, 0.6) is 0 Å². The lowest BCUT2D eigenvalue weighted by Crippen LogP contribution is -2.38. The van der Waals surface area contributed by atoms with Crippen molar-refractivity contribution >= 4 is 17.2 Å². The molecule has 0 aliphatic heterocycles. The topological polar surface area (TPSA) is 88.5 Å². The monoisotopic (exact) mass is 386 g/mol. The summed E-state index contributed by atoms with van der Waals surface area (Å²) in [5.74, 6) is 0.716. The molecule has 3 heterocycles. The average molecular weight is 386 g/mol. The average Bonchev–Trinajstić information content (AvgIpc) is 3.46. The third-order valence-electron chi connectivity index (χ3n) is 5.22. The molecule has 0 spiro atoms. The highest BCUT2D eigenvalue weighted by atomic mass is 32.1. The first-order valence-electron chi connectivity index (χ1n) is 9.14. The number of carbonyl (C=O) groups excluding carboxylic acids is 1. The van der Waals surface area contributed by atoms with Crippen molar-refractivity contribution in [2.24, 2.45) is 0 Å². The van der Waals surface area contributed by atoms with E-state index in [0.29, 0.717) is 18.1 Å².